The first-order valence-electron chi connectivity index (χ1n) is 8.38. The molecular weight excluding hydrogens is 344 g/mol. The van der Waals surface area contributed by atoms with E-state index in [1.54, 1.807) is 17.5 Å². The summed E-state index contributed by atoms with van der Waals surface area (Å²) in [6.45, 7) is 2.34. The van der Waals surface area contributed by atoms with E-state index in [4.69, 9.17) is 0 Å². The molecule has 3 heterocycles. The van der Waals surface area contributed by atoms with Crippen LogP contribution in [0.3, 0.4) is 0 Å². The van der Waals surface area contributed by atoms with Crippen LogP contribution < -0.4 is 5.32 Å². The zero-order valence-corrected chi connectivity index (χ0v) is 15.1. The van der Waals surface area contributed by atoms with Crippen molar-refractivity contribution < 1.29 is 4.79 Å². The third kappa shape index (κ3) is 3.23. The van der Waals surface area contributed by atoms with Crippen molar-refractivity contribution in [2.24, 2.45) is 0 Å². The van der Waals surface area contributed by atoms with Gasteiger partial charge in [-0.15, -0.1) is 11.3 Å². The minimum Gasteiger partial charge on any atom is -0.361 e. The number of rotatable bonds is 5. The van der Waals surface area contributed by atoms with Gasteiger partial charge in [0, 0.05) is 40.6 Å². The number of benzene rings is 1. The van der Waals surface area contributed by atoms with E-state index in [0.29, 0.717) is 12.2 Å². The van der Waals surface area contributed by atoms with Crippen LogP contribution in [0.15, 0.2) is 60.4 Å². The Morgan fingerprint density at radius 2 is 2.08 bits per heavy atom. The van der Waals surface area contributed by atoms with Gasteiger partial charge in [0.15, 0.2) is 0 Å². The number of para-hydroxylation sites is 1. The van der Waals surface area contributed by atoms with Crippen molar-refractivity contribution in [3.8, 4) is 0 Å². The van der Waals surface area contributed by atoms with Crippen molar-refractivity contribution in [2.45, 2.75) is 12.8 Å². The number of thiophene rings is 1. The third-order valence-electron chi connectivity index (χ3n) is 4.36. The number of carbonyl (C=O) groups is 1. The van der Waals surface area contributed by atoms with Crippen LogP contribution in [0.2, 0.25) is 0 Å². The highest BCUT2D eigenvalue weighted by Gasteiger charge is 2.20. The smallest absolute Gasteiger partial charge is 0.271 e. The Hall–Kier alpha value is -2.99. The van der Waals surface area contributed by atoms with Crippen molar-refractivity contribution in [2.75, 3.05) is 6.54 Å². The predicted molar refractivity (Wildman–Crippen MR) is 104 cm³/mol. The second-order valence-electron chi connectivity index (χ2n) is 6.11. The molecule has 0 unspecified atom stereocenters. The fourth-order valence-electron chi connectivity index (χ4n) is 3.03. The number of aromatic amines is 1. The Balaban J connectivity index is 1.61. The molecule has 4 rings (SSSR count). The SMILES string of the molecule is Cc1cnc(C(=O)NC[C@@H](c2cccs2)c2c[nH]c3ccccc23)cn1. The molecule has 0 saturated carbocycles. The van der Waals surface area contributed by atoms with Gasteiger partial charge in [0.05, 0.1) is 11.9 Å². The average Bonchev–Trinajstić information content (AvgIpc) is 3.33. The van der Waals surface area contributed by atoms with Gasteiger partial charge in [0.2, 0.25) is 0 Å². The van der Waals surface area contributed by atoms with Gasteiger partial charge >= 0.3 is 0 Å². The Morgan fingerprint density at radius 3 is 2.85 bits per heavy atom. The van der Waals surface area contributed by atoms with Crippen LogP contribution in [0.1, 0.15) is 32.5 Å². The first-order chi connectivity index (χ1) is 12.7. The number of aryl methyl sites for hydroxylation is 1. The van der Waals surface area contributed by atoms with Gasteiger partial charge in [-0.25, -0.2) is 4.98 Å². The quantitative estimate of drug-likeness (QED) is 0.566. The monoisotopic (exact) mass is 362 g/mol. The topological polar surface area (TPSA) is 70.7 Å². The zero-order valence-electron chi connectivity index (χ0n) is 14.3. The van der Waals surface area contributed by atoms with Gasteiger partial charge in [-0.3, -0.25) is 9.78 Å². The number of amides is 1. The molecule has 2 N–H and O–H groups in total. The highest BCUT2D eigenvalue weighted by atomic mass is 32.1. The molecule has 3 aromatic heterocycles. The van der Waals surface area contributed by atoms with Crippen molar-refractivity contribution in [1.82, 2.24) is 20.3 Å². The van der Waals surface area contributed by atoms with E-state index in [1.807, 2.05) is 31.3 Å². The molecule has 4 aromatic rings. The number of hydrogen-bond donors (Lipinski definition) is 2. The first kappa shape index (κ1) is 16.5. The number of nitrogens with zero attached hydrogens (tertiary/aromatic N) is 2. The second-order valence-corrected chi connectivity index (χ2v) is 7.09. The lowest BCUT2D eigenvalue weighted by Gasteiger charge is -2.16. The van der Waals surface area contributed by atoms with Gasteiger partial charge in [0.1, 0.15) is 5.69 Å². The van der Waals surface area contributed by atoms with E-state index in [-0.39, 0.29) is 11.8 Å². The number of carbonyl (C=O) groups excluding carboxylic acids is 1. The molecular formula is C20H18N4OS. The third-order valence-corrected chi connectivity index (χ3v) is 5.35. The van der Waals surface area contributed by atoms with Crippen LogP contribution in [-0.2, 0) is 0 Å². The summed E-state index contributed by atoms with van der Waals surface area (Å²) in [5, 5.41) is 6.25. The maximum Gasteiger partial charge on any atom is 0.271 e. The summed E-state index contributed by atoms with van der Waals surface area (Å²) in [5.41, 5.74) is 3.40. The summed E-state index contributed by atoms with van der Waals surface area (Å²) in [4.78, 5) is 25.3. The molecule has 5 nitrogen and oxygen atoms in total. The van der Waals surface area contributed by atoms with E-state index >= 15 is 0 Å². The predicted octanol–water partition coefficient (Wildman–Crippen LogP) is 3.89. The molecule has 1 aromatic carbocycles. The molecule has 0 spiro atoms. The first-order valence-corrected chi connectivity index (χ1v) is 9.26. The molecule has 130 valence electrons. The minimum absolute atomic E-state index is 0.0773. The van der Waals surface area contributed by atoms with Crippen LogP contribution in [0.25, 0.3) is 10.9 Å². The fourth-order valence-corrected chi connectivity index (χ4v) is 3.88. The number of nitrogens with one attached hydrogen (secondary N) is 2. The zero-order chi connectivity index (χ0) is 17.9. The van der Waals surface area contributed by atoms with Gasteiger partial charge in [-0.05, 0) is 30.0 Å². The summed E-state index contributed by atoms with van der Waals surface area (Å²) < 4.78 is 0. The minimum atomic E-state index is -0.209. The van der Waals surface area contributed by atoms with Crippen molar-refractivity contribution in [3.63, 3.8) is 0 Å². The van der Waals surface area contributed by atoms with E-state index < -0.39 is 0 Å². The largest absolute Gasteiger partial charge is 0.361 e. The van der Waals surface area contributed by atoms with Gasteiger partial charge in [-0.1, -0.05) is 24.3 Å². The molecule has 6 heteroatoms. The number of fused-ring (bicyclic) bond motifs is 1. The van der Waals surface area contributed by atoms with Crippen molar-refractivity contribution >= 4 is 28.1 Å². The number of hydrogen-bond acceptors (Lipinski definition) is 4. The summed E-state index contributed by atoms with van der Waals surface area (Å²) in [7, 11) is 0. The fraction of sp³-hybridized carbons (Fsp3) is 0.150. The van der Waals surface area contributed by atoms with E-state index in [1.165, 1.54) is 22.0 Å². The molecule has 0 fully saturated rings. The van der Waals surface area contributed by atoms with E-state index in [0.717, 1.165) is 11.2 Å². The maximum absolute atomic E-state index is 12.4. The maximum atomic E-state index is 12.4. The Kier molecular flexibility index (Phi) is 4.50. The van der Waals surface area contributed by atoms with Crippen molar-refractivity contribution in [1.29, 1.82) is 0 Å². The van der Waals surface area contributed by atoms with Gasteiger partial charge in [0.25, 0.3) is 5.91 Å². The van der Waals surface area contributed by atoms with Crippen molar-refractivity contribution in [3.05, 3.63) is 82.2 Å². The molecule has 0 radical (unpaired) electrons. The number of H-pyrrole nitrogens is 1. The van der Waals surface area contributed by atoms with Crippen LogP contribution in [-0.4, -0.2) is 27.4 Å². The summed E-state index contributed by atoms with van der Waals surface area (Å²) in [5.74, 6) is -0.132. The Morgan fingerprint density at radius 1 is 1.19 bits per heavy atom. The van der Waals surface area contributed by atoms with Crippen LogP contribution in [0.4, 0.5) is 0 Å². The average molecular weight is 362 g/mol. The number of aromatic nitrogens is 3. The van der Waals surface area contributed by atoms with Crippen LogP contribution in [0, 0.1) is 6.92 Å². The second kappa shape index (κ2) is 7.09. The molecule has 0 bridgehead atoms. The van der Waals surface area contributed by atoms with E-state index in [2.05, 4.69) is 43.8 Å². The molecule has 1 amide bonds. The highest BCUT2D eigenvalue weighted by molar-refractivity contribution is 7.10. The Bertz CT molecular complexity index is 1020. The lowest BCUT2D eigenvalue weighted by molar-refractivity contribution is 0.0947. The normalized spacial score (nSPS) is 12.2. The summed E-state index contributed by atoms with van der Waals surface area (Å²) in [6, 6.07) is 12.4. The molecule has 0 saturated heterocycles. The Labute approximate surface area is 155 Å². The lowest BCUT2D eigenvalue weighted by Crippen LogP contribution is -2.29. The van der Waals surface area contributed by atoms with Crippen LogP contribution >= 0.6 is 11.3 Å². The molecule has 0 aliphatic carbocycles. The van der Waals surface area contributed by atoms with Gasteiger partial charge in [-0.2, -0.15) is 0 Å². The molecule has 26 heavy (non-hydrogen) atoms. The van der Waals surface area contributed by atoms with Gasteiger partial charge < -0.3 is 10.3 Å². The summed E-state index contributed by atoms with van der Waals surface area (Å²) in [6.07, 6.45) is 5.15. The summed E-state index contributed by atoms with van der Waals surface area (Å²) >= 11 is 1.69. The molecule has 0 aliphatic rings. The molecule has 0 aliphatic heterocycles. The van der Waals surface area contributed by atoms with E-state index in [9.17, 15) is 4.79 Å². The highest BCUT2D eigenvalue weighted by Crippen LogP contribution is 2.32. The van der Waals surface area contributed by atoms with Crippen LogP contribution in [0.5, 0.6) is 0 Å². The lowest BCUT2D eigenvalue weighted by atomic mass is 9.96. The molecule has 1 atom stereocenters. The standard InChI is InChI=1S/C20H18N4OS/c1-13-9-22-18(12-21-13)20(25)24-11-16(19-7-4-8-26-19)15-10-23-17-6-3-2-5-14(15)17/h2-10,12,16,23H,11H2,1H3,(H,24,25)/t16-/m1/s1.